The number of hydrogen-bond donors (Lipinski definition) is 1. The summed E-state index contributed by atoms with van der Waals surface area (Å²) in [7, 11) is 0. The second kappa shape index (κ2) is 8.27. The number of likely N-dealkylation sites (tertiary alicyclic amines) is 1. The summed E-state index contributed by atoms with van der Waals surface area (Å²) in [5.41, 5.74) is 1.77. The van der Waals surface area contributed by atoms with E-state index in [-0.39, 0.29) is 11.9 Å². The molecule has 1 saturated heterocycles. The Morgan fingerprint density at radius 2 is 1.78 bits per heavy atom. The first kappa shape index (κ1) is 17.6. The molecule has 140 valence electrons. The number of piperidine rings is 1. The molecule has 4 rings (SSSR count). The fourth-order valence-corrected chi connectivity index (χ4v) is 3.72. The van der Waals surface area contributed by atoms with Crippen LogP contribution in [0.2, 0.25) is 0 Å². The molecule has 1 aromatic carbocycles. The van der Waals surface area contributed by atoms with Gasteiger partial charge in [-0.3, -0.25) is 9.69 Å². The molecule has 5 heteroatoms. The average Bonchev–Trinajstić information content (AvgIpc) is 3.42. The van der Waals surface area contributed by atoms with Crippen molar-refractivity contribution in [3.05, 3.63) is 72.6 Å². The maximum atomic E-state index is 12.8. The van der Waals surface area contributed by atoms with E-state index in [4.69, 9.17) is 8.83 Å². The molecule has 0 unspecified atom stereocenters. The van der Waals surface area contributed by atoms with Crippen LogP contribution < -0.4 is 5.32 Å². The fraction of sp³-hybridized carbons (Fsp3) is 0.318. The second-order valence-corrected chi connectivity index (χ2v) is 6.87. The van der Waals surface area contributed by atoms with Crippen molar-refractivity contribution in [3.63, 3.8) is 0 Å². The Labute approximate surface area is 159 Å². The van der Waals surface area contributed by atoms with E-state index in [1.54, 1.807) is 12.5 Å². The molecular weight excluding hydrogens is 340 g/mol. The summed E-state index contributed by atoms with van der Waals surface area (Å²) in [6.45, 7) is 2.54. The van der Waals surface area contributed by atoms with Crippen LogP contribution in [0.25, 0.3) is 11.1 Å². The molecule has 3 heterocycles. The monoisotopic (exact) mass is 364 g/mol. The highest BCUT2D eigenvalue weighted by atomic mass is 16.3. The fourth-order valence-electron chi connectivity index (χ4n) is 3.72. The maximum absolute atomic E-state index is 12.8. The van der Waals surface area contributed by atoms with Crippen molar-refractivity contribution in [2.24, 2.45) is 0 Å². The van der Waals surface area contributed by atoms with Gasteiger partial charge in [-0.1, -0.05) is 36.8 Å². The first-order chi connectivity index (χ1) is 13.3. The van der Waals surface area contributed by atoms with E-state index < -0.39 is 0 Å². The first-order valence-electron chi connectivity index (χ1n) is 9.51. The Kier molecular flexibility index (Phi) is 5.39. The molecule has 1 amide bonds. The standard InChI is InChI=1S/C22H24N2O3/c25-22(21-18(11-15-27-21)17-8-3-1-4-9-17)23-16-19(20-10-7-14-26-20)24-12-5-2-6-13-24/h1,3-4,7-11,14-15,19H,2,5-6,12-13,16H2,(H,23,25)/t19-/m1/s1. The highest BCUT2D eigenvalue weighted by Crippen LogP contribution is 2.26. The summed E-state index contributed by atoms with van der Waals surface area (Å²) in [6.07, 6.45) is 6.88. The summed E-state index contributed by atoms with van der Waals surface area (Å²) >= 11 is 0. The van der Waals surface area contributed by atoms with Gasteiger partial charge in [0.05, 0.1) is 18.6 Å². The van der Waals surface area contributed by atoms with Crippen LogP contribution in [0, 0.1) is 0 Å². The first-order valence-corrected chi connectivity index (χ1v) is 9.51. The van der Waals surface area contributed by atoms with Gasteiger partial charge in [-0.25, -0.2) is 0 Å². The number of furan rings is 2. The van der Waals surface area contributed by atoms with E-state index in [0.29, 0.717) is 12.3 Å². The van der Waals surface area contributed by atoms with Crippen LogP contribution in [-0.4, -0.2) is 30.4 Å². The Morgan fingerprint density at radius 3 is 2.52 bits per heavy atom. The van der Waals surface area contributed by atoms with Gasteiger partial charge >= 0.3 is 0 Å². The predicted molar refractivity (Wildman–Crippen MR) is 103 cm³/mol. The van der Waals surface area contributed by atoms with Gasteiger partial charge in [0.25, 0.3) is 5.91 Å². The van der Waals surface area contributed by atoms with Gasteiger partial charge in [0.2, 0.25) is 0 Å². The molecule has 0 radical (unpaired) electrons. The zero-order valence-corrected chi connectivity index (χ0v) is 15.3. The van der Waals surface area contributed by atoms with Gasteiger partial charge in [-0.15, -0.1) is 0 Å². The highest BCUT2D eigenvalue weighted by Gasteiger charge is 2.26. The number of nitrogens with one attached hydrogen (secondary N) is 1. The SMILES string of the molecule is O=C(NC[C@H](c1ccco1)N1CCCCC1)c1occc1-c1ccccc1. The van der Waals surface area contributed by atoms with Crippen molar-refractivity contribution in [2.75, 3.05) is 19.6 Å². The van der Waals surface area contributed by atoms with Crippen LogP contribution in [0.1, 0.15) is 41.6 Å². The van der Waals surface area contributed by atoms with Crippen LogP contribution in [0.4, 0.5) is 0 Å². The zero-order chi connectivity index (χ0) is 18.5. The van der Waals surface area contributed by atoms with Crippen LogP contribution in [0.5, 0.6) is 0 Å². The van der Waals surface area contributed by atoms with Crippen LogP contribution in [-0.2, 0) is 0 Å². The Balaban J connectivity index is 1.48. The third-order valence-electron chi connectivity index (χ3n) is 5.12. The molecule has 1 N–H and O–H groups in total. The van der Waals surface area contributed by atoms with Gasteiger partial charge in [0, 0.05) is 12.1 Å². The van der Waals surface area contributed by atoms with Crippen LogP contribution in [0.15, 0.2) is 69.9 Å². The number of rotatable bonds is 6. The zero-order valence-electron chi connectivity index (χ0n) is 15.3. The minimum atomic E-state index is -0.201. The summed E-state index contributed by atoms with van der Waals surface area (Å²) in [6, 6.07) is 15.6. The topological polar surface area (TPSA) is 58.6 Å². The lowest BCUT2D eigenvalue weighted by molar-refractivity contribution is 0.0888. The number of benzene rings is 1. The van der Waals surface area contributed by atoms with Gasteiger partial charge in [-0.05, 0) is 49.7 Å². The Morgan fingerprint density at radius 1 is 0.963 bits per heavy atom. The lowest BCUT2D eigenvalue weighted by atomic mass is 10.1. The molecule has 0 saturated carbocycles. The smallest absolute Gasteiger partial charge is 0.287 e. The van der Waals surface area contributed by atoms with E-state index >= 15 is 0 Å². The molecule has 0 bridgehead atoms. The highest BCUT2D eigenvalue weighted by molar-refractivity contribution is 5.98. The average molecular weight is 364 g/mol. The molecule has 2 aromatic heterocycles. The third kappa shape index (κ3) is 3.98. The summed E-state index contributed by atoms with van der Waals surface area (Å²) in [4.78, 5) is 15.2. The van der Waals surface area contributed by atoms with Crippen molar-refractivity contribution in [1.29, 1.82) is 0 Å². The summed E-state index contributed by atoms with van der Waals surface area (Å²) < 4.78 is 11.1. The van der Waals surface area contributed by atoms with Crippen LogP contribution >= 0.6 is 0 Å². The van der Waals surface area contributed by atoms with Gasteiger partial charge < -0.3 is 14.2 Å². The Hall–Kier alpha value is -2.79. The number of hydrogen-bond acceptors (Lipinski definition) is 4. The van der Waals surface area contributed by atoms with Gasteiger partial charge in [-0.2, -0.15) is 0 Å². The Bertz CT molecular complexity index is 849. The lowest BCUT2D eigenvalue weighted by Gasteiger charge is -2.33. The van der Waals surface area contributed by atoms with Crippen molar-refractivity contribution in [1.82, 2.24) is 10.2 Å². The minimum absolute atomic E-state index is 0.0411. The van der Waals surface area contributed by atoms with E-state index in [1.165, 1.54) is 19.3 Å². The van der Waals surface area contributed by atoms with E-state index in [1.807, 2.05) is 48.5 Å². The number of carbonyl (C=O) groups excluding carboxylic acids is 1. The molecule has 1 fully saturated rings. The van der Waals surface area contributed by atoms with Crippen LogP contribution in [0.3, 0.4) is 0 Å². The van der Waals surface area contributed by atoms with Gasteiger partial charge in [0.1, 0.15) is 5.76 Å². The lowest BCUT2D eigenvalue weighted by Crippen LogP contribution is -2.40. The van der Waals surface area contributed by atoms with Crippen molar-refractivity contribution in [2.45, 2.75) is 25.3 Å². The second-order valence-electron chi connectivity index (χ2n) is 6.87. The maximum Gasteiger partial charge on any atom is 0.287 e. The van der Waals surface area contributed by atoms with Crippen molar-refractivity contribution < 1.29 is 13.6 Å². The van der Waals surface area contributed by atoms with Crippen molar-refractivity contribution in [3.8, 4) is 11.1 Å². The molecule has 1 aliphatic rings. The molecular formula is C22H24N2O3. The van der Waals surface area contributed by atoms with E-state index in [9.17, 15) is 4.79 Å². The molecule has 0 spiro atoms. The molecule has 1 aliphatic heterocycles. The normalized spacial score (nSPS) is 16.1. The van der Waals surface area contributed by atoms with Crippen molar-refractivity contribution >= 4 is 5.91 Å². The molecule has 0 aliphatic carbocycles. The molecule has 5 nitrogen and oxygen atoms in total. The number of amides is 1. The largest absolute Gasteiger partial charge is 0.468 e. The quantitative estimate of drug-likeness (QED) is 0.700. The number of nitrogens with zero attached hydrogens (tertiary/aromatic N) is 1. The van der Waals surface area contributed by atoms with E-state index in [2.05, 4.69) is 10.2 Å². The molecule has 3 aromatic rings. The molecule has 1 atom stereocenters. The predicted octanol–water partition coefficient (Wildman–Crippen LogP) is 4.50. The third-order valence-corrected chi connectivity index (χ3v) is 5.12. The summed E-state index contributed by atoms with van der Waals surface area (Å²) in [5, 5.41) is 3.05. The minimum Gasteiger partial charge on any atom is -0.468 e. The van der Waals surface area contributed by atoms with Gasteiger partial charge in [0.15, 0.2) is 5.76 Å². The summed E-state index contributed by atoms with van der Waals surface area (Å²) in [5.74, 6) is 1.03. The van der Waals surface area contributed by atoms with E-state index in [0.717, 1.165) is 30.0 Å². The molecule has 27 heavy (non-hydrogen) atoms. The number of carbonyl (C=O) groups is 1.